The lowest BCUT2D eigenvalue weighted by Crippen LogP contribution is -2.16. The lowest BCUT2D eigenvalue weighted by Gasteiger charge is -2.07. The van der Waals surface area contributed by atoms with Crippen molar-refractivity contribution in [1.82, 2.24) is 5.32 Å². The van der Waals surface area contributed by atoms with Crippen LogP contribution in [0.2, 0.25) is 0 Å². The number of hydrogen-bond acceptors (Lipinski definition) is 4. The van der Waals surface area contributed by atoms with Crippen LogP contribution in [0.15, 0.2) is 54.6 Å². The first-order valence-electron chi connectivity index (χ1n) is 8.63. The Hall–Kier alpha value is -2.70. The summed E-state index contributed by atoms with van der Waals surface area (Å²) in [6.45, 7) is 3.49. The number of nitrogens with one attached hydrogen (secondary N) is 1. The van der Waals surface area contributed by atoms with E-state index in [0.717, 1.165) is 40.6 Å². The maximum absolute atomic E-state index is 13.3. The van der Waals surface area contributed by atoms with E-state index in [0.29, 0.717) is 11.3 Å². The minimum absolute atomic E-state index is 0.195. The number of ether oxygens (including phenoxy) is 1. The predicted octanol–water partition coefficient (Wildman–Crippen LogP) is 4.42. The number of benzene rings is 2. The minimum Gasteiger partial charge on any atom is -0.447 e. The molecule has 0 atom stereocenters. The Kier molecular flexibility index (Phi) is 6.21. The average Bonchev–Trinajstić information content (AvgIpc) is 3.09. The van der Waals surface area contributed by atoms with Gasteiger partial charge in [0, 0.05) is 17.0 Å². The molecule has 0 aliphatic carbocycles. The van der Waals surface area contributed by atoms with Crippen molar-refractivity contribution in [3.05, 3.63) is 82.0 Å². The summed E-state index contributed by atoms with van der Waals surface area (Å²) in [4.78, 5) is 12.2. The fraction of sp³-hybridized carbons (Fsp3) is 0.190. The maximum Gasteiger partial charge on any atom is 0.248 e. The van der Waals surface area contributed by atoms with Crippen LogP contribution in [0.5, 0.6) is 10.8 Å². The lowest BCUT2D eigenvalue weighted by molar-refractivity contribution is 0.100. The highest BCUT2D eigenvalue weighted by atomic mass is 32.1. The molecule has 0 bridgehead atoms. The molecule has 3 rings (SSSR count). The molecule has 0 radical (unpaired) electrons. The SMILES string of the molecule is Cc1ccc(F)cc1CCNCc1ccc(Oc2ccc(C(N)=O)cc2)s1. The first-order chi connectivity index (χ1) is 13.0. The van der Waals surface area contributed by atoms with E-state index in [1.54, 1.807) is 41.7 Å². The number of hydrogen-bond donors (Lipinski definition) is 2. The van der Waals surface area contributed by atoms with E-state index in [1.807, 2.05) is 25.1 Å². The van der Waals surface area contributed by atoms with Crippen molar-refractivity contribution < 1.29 is 13.9 Å². The van der Waals surface area contributed by atoms with E-state index < -0.39 is 5.91 Å². The van der Waals surface area contributed by atoms with E-state index in [9.17, 15) is 9.18 Å². The van der Waals surface area contributed by atoms with Gasteiger partial charge >= 0.3 is 0 Å². The topological polar surface area (TPSA) is 64.3 Å². The number of aryl methyl sites for hydroxylation is 1. The maximum atomic E-state index is 13.3. The van der Waals surface area contributed by atoms with Gasteiger partial charge < -0.3 is 15.8 Å². The van der Waals surface area contributed by atoms with Crippen LogP contribution in [-0.2, 0) is 13.0 Å². The van der Waals surface area contributed by atoms with Crippen molar-refractivity contribution in [2.75, 3.05) is 6.54 Å². The zero-order chi connectivity index (χ0) is 19.2. The van der Waals surface area contributed by atoms with Gasteiger partial charge in [-0.3, -0.25) is 4.79 Å². The van der Waals surface area contributed by atoms with Gasteiger partial charge in [-0.05, 0) is 79.5 Å². The van der Waals surface area contributed by atoms with Crippen molar-refractivity contribution in [2.45, 2.75) is 19.9 Å². The molecule has 0 saturated heterocycles. The number of carbonyl (C=O) groups is 1. The molecule has 0 aliphatic heterocycles. The van der Waals surface area contributed by atoms with Crippen LogP contribution >= 0.6 is 11.3 Å². The number of primary amides is 1. The third kappa shape index (κ3) is 5.39. The van der Waals surface area contributed by atoms with Gasteiger partial charge in [-0.1, -0.05) is 6.07 Å². The van der Waals surface area contributed by atoms with E-state index in [1.165, 1.54) is 6.07 Å². The molecule has 2 aromatic carbocycles. The van der Waals surface area contributed by atoms with Gasteiger partial charge in [-0.2, -0.15) is 0 Å². The van der Waals surface area contributed by atoms with Crippen LogP contribution in [0.1, 0.15) is 26.4 Å². The summed E-state index contributed by atoms with van der Waals surface area (Å²) in [5.41, 5.74) is 7.81. The van der Waals surface area contributed by atoms with E-state index in [2.05, 4.69) is 5.32 Å². The van der Waals surface area contributed by atoms with E-state index in [4.69, 9.17) is 10.5 Å². The fourth-order valence-corrected chi connectivity index (χ4v) is 3.50. The number of rotatable bonds is 8. The van der Waals surface area contributed by atoms with E-state index >= 15 is 0 Å². The summed E-state index contributed by atoms with van der Waals surface area (Å²) < 4.78 is 19.1. The van der Waals surface area contributed by atoms with Crippen molar-refractivity contribution in [1.29, 1.82) is 0 Å². The molecule has 0 spiro atoms. The summed E-state index contributed by atoms with van der Waals surface area (Å²) in [5, 5.41) is 4.15. The highest BCUT2D eigenvalue weighted by Crippen LogP contribution is 2.29. The van der Waals surface area contributed by atoms with Gasteiger partial charge in [0.2, 0.25) is 5.91 Å². The Morgan fingerprint density at radius 3 is 2.67 bits per heavy atom. The molecule has 27 heavy (non-hydrogen) atoms. The van der Waals surface area contributed by atoms with Crippen LogP contribution in [-0.4, -0.2) is 12.5 Å². The number of nitrogens with two attached hydrogens (primary N) is 1. The number of amides is 1. The largest absolute Gasteiger partial charge is 0.447 e. The molecule has 0 aliphatic rings. The molecule has 1 amide bonds. The molecule has 140 valence electrons. The number of carbonyl (C=O) groups excluding carboxylic acids is 1. The molecule has 0 fully saturated rings. The minimum atomic E-state index is -0.459. The molecule has 4 nitrogen and oxygen atoms in total. The van der Waals surface area contributed by atoms with Gasteiger partial charge in [-0.15, -0.1) is 11.3 Å². The first kappa shape index (κ1) is 19.1. The summed E-state index contributed by atoms with van der Waals surface area (Å²) in [6, 6.07) is 15.5. The quantitative estimate of drug-likeness (QED) is 0.565. The zero-order valence-corrected chi connectivity index (χ0v) is 15.8. The second-order valence-corrected chi connectivity index (χ2v) is 7.34. The van der Waals surface area contributed by atoms with Gasteiger partial charge in [0.1, 0.15) is 11.6 Å². The molecule has 3 N–H and O–H groups in total. The molecule has 1 heterocycles. The third-order valence-corrected chi connectivity index (χ3v) is 5.14. The van der Waals surface area contributed by atoms with Crippen LogP contribution in [0.25, 0.3) is 0 Å². The summed E-state index contributed by atoms with van der Waals surface area (Å²) in [7, 11) is 0. The molecular formula is C21H21FN2O2S. The average molecular weight is 384 g/mol. The Bertz CT molecular complexity index is 922. The van der Waals surface area contributed by atoms with Gasteiger partial charge in [0.15, 0.2) is 5.06 Å². The molecule has 0 unspecified atom stereocenters. The van der Waals surface area contributed by atoms with Crippen LogP contribution in [0.4, 0.5) is 4.39 Å². The summed E-state index contributed by atoms with van der Waals surface area (Å²) in [6.07, 6.45) is 0.782. The van der Waals surface area contributed by atoms with Gasteiger partial charge in [0.05, 0.1) is 0 Å². The monoisotopic (exact) mass is 384 g/mol. The van der Waals surface area contributed by atoms with Crippen molar-refractivity contribution in [3.8, 4) is 10.8 Å². The van der Waals surface area contributed by atoms with Crippen LogP contribution in [0.3, 0.4) is 0 Å². The zero-order valence-electron chi connectivity index (χ0n) is 15.0. The Labute approximate surface area is 161 Å². The van der Waals surface area contributed by atoms with E-state index in [-0.39, 0.29) is 5.82 Å². The normalized spacial score (nSPS) is 10.7. The Balaban J connectivity index is 1.48. The molecule has 1 aromatic heterocycles. The lowest BCUT2D eigenvalue weighted by atomic mass is 10.1. The molecule has 6 heteroatoms. The molecule has 0 saturated carbocycles. The summed E-state index contributed by atoms with van der Waals surface area (Å²) in [5.74, 6) is 0.00177. The standard InChI is InChI=1S/C21H21FN2O2S/c1-14-2-5-17(22)12-16(14)10-11-24-13-19-8-9-20(27-19)26-18-6-3-15(4-7-18)21(23)25/h2-9,12,24H,10-11,13H2,1H3,(H2,23,25). The van der Waals surface area contributed by atoms with Crippen molar-refractivity contribution >= 4 is 17.2 Å². The Morgan fingerprint density at radius 1 is 1.15 bits per heavy atom. The molecular weight excluding hydrogens is 363 g/mol. The molecule has 3 aromatic rings. The third-order valence-electron chi connectivity index (χ3n) is 4.18. The van der Waals surface area contributed by atoms with Crippen molar-refractivity contribution in [2.24, 2.45) is 5.73 Å². The van der Waals surface area contributed by atoms with Crippen LogP contribution in [0, 0.1) is 12.7 Å². The highest BCUT2D eigenvalue weighted by molar-refractivity contribution is 7.13. The number of halogens is 1. The predicted molar refractivity (Wildman–Crippen MR) is 106 cm³/mol. The highest BCUT2D eigenvalue weighted by Gasteiger charge is 2.05. The Morgan fingerprint density at radius 2 is 1.93 bits per heavy atom. The summed E-state index contributed by atoms with van der Waals surface area (Å²) >= 11 is 1.55. The van der Waals surface area contributed by atoms with Gasteiger partial charge in [0.25, 0.3) is 0 Å². The van der Waals surface area contributed by atoms with Crippen molar-refractivity contribution in [3.63, 3.8) is 0 Å². The second kappa shape index (κ2) is 8.79. The van der Waals surface area contributed by atoms with Crippen LogP contribution < -0.4 is 15.8 Å². The smallest absolute Gasteiger partial charge is 0.248 e. The fourth-order valence-electron chi connectivity index (χ4n) is 2.66. The number of thiophene rings is 1. The second-order valence-electron chi connectivity index (χ2n) is 6.21. The van der Waals surface area contributed by atoms with Gasteiger partial charge in [-0.25, -0.2) is 4.39 Å². The first-order valence-corrected chi connectivity index (χ1v) is 9.45.